The standard InChI is InChI=1S/C19H28N2O5/c1-18(2,3)26-17(23)20-19(16(22)21(4)25-6)14(12-24-5)15(19)13-10-8-7-9-11-13/h7-11,14-15H,12H2,1-6H3,(H,20,23)/t14-,15+,19+/m1/s1. The lowest BCUT2D eigenvalue weighted by atomic mass is 10.1. The van der Waals surface area contributed by atoms with Crippen LogP contribution in [0, 0.1) is 5.92 Å². The van der Waals surface area contributed by atoms with Gasteiger partial charge < -0.3 is 14.8 Å². The summed E-state index contributed by atoms with van der Waals surface area (Å²) in [5, 5.41) is 3.94. The Kier molecular flexibility index (Phi) is 5.93. The van der Waals surface area contributed by atoms with Gasteiger partial charge in [-0.1, -0.05) is 30.3 Å². The molecule has 1 aromatic carbocycles. The molecule has 0 radical (unpaired) electrons. The molecule has 1 aliphatic rings. The lowest BCUT2D eigenvalue weighted by Crippen LogP contribution is -2.53. The molecule has 26 heavy (non-hydrogen) atoms. The van der Waals surface area contributed by atoms with E-state index >= 15 is 0 Å². The van der Waals surface area contributed by atoms with Gasteiger partial charge in [-0.15, -0.1) is 0 Å². The molecule has 0 saturated heterocycles. The van der Waals surface area contributed by atoms with Gasteiger partial charge in [-0.05, 0) is 26.3 Å². The predicted octanol–water partition coefficient (Wildman–Crippen LogP) is 2.33. The van der Waals surface area contributed by atoms with Gasteiger partial charge in [0.05, 0.1) is 13.7 Å². The number of rotatable bonds is 6. The van der Waals surface area contributed by atoms with Crippen molar-refractivity contribution in [3.63, 3.8) is 0 Å². The van der Waals surface area contributed by atoms with Crippen LogP contribution >= 0.6 is 0 Å². The van der Waals surface area contributed by atoms with Crippen LogP contribution in [0.4, 0.5) is 4.79 Å². The molecular weight excluding hydrogens is 336 g/mol. The Bertz CT molecular complexity index is 643. The van der Waals surface area contributed by atoms with E-state index in [0.717, 1.165) is 10.6 Å². The molecule has 7 nitrogen and oxygen atoms in total. The lowest BCUT2D eigenvalue weighted by molar-refractivity contribution is -0.173. The van der Waals surface area contributed by atoms with E-state index in [2.05, 4.69) is 5.32 Å². The van der Waals surface area contributed by atoms with Gasteiger partial charge in [-0.25, -0.2) is 9.86 Å². The fourth-order valence-corrected chi connectivity index (χ4v) is 3.35. The highest BCUT2D eigenvalue weighted by Gasteiger charge is 2.72. The molecule has 2 rings (SSSR count). The number of amides is 2. The van der Waals surface area contributed by atoms with Crippen LogP contribution in [-0.4, -0.2) is 56.1 Å². The highest BCUT2D eigenvalue weighted by Crippen LogP contribution is 2.58. The third-order valence-electron chi connectivity index (χ3n) is 4.50. The van der Waals surface area contributed by atoms with Crippen LogP contribution in [0.15, 0.2) is 30.3 Å². The highest BCUT2D eigenvalue weighted by molar-refractivity contribution is 5.95. The highest BCUT2D eigenvalue weighted by atomic mass is 16.7. The number of alkyl carbamates (subject to hydrolysis) is 1. The zero-order chi connectivity index (χ0) is 19.5. The Hall–Kier alpha value is -2.12. The van der Waals surface area contributed by atoms with Crippen molar-refractivity contribution >= 4 is 12.0 Å². The number of carbonyl (C=O) groups is 2. The van der Waals surface area contributed by atoms with Crippen molar-refractivity contribution in [3.05, 3.63) is 35.9 Å². The number of hydroxylamine groups is 2. The summed E-state index contributed by atoms with van der Waals surface area (Å²) in [6.07, 6.45) is -0.644. The third kappa shape index (κ3) is 3.99. The monoisotopic (exact) mass is 364 g/mol. The molecule has 0 bridgehead atoms. The Morgan fingerprint density at radius 1 is 1.19 bits per heavy atom. The lowest BCUT2D eigenvalue weighted by Gasteiger charge is -2.27. The minimum atomic E-state index is -1.18. The van der Waals surface area contributed by atoms with Gasteiger partial charge in [0.1, 0.15) is 11.1 Å². The first-order valence-electron chi connectivity index (χ1n) is 8.54. The smallest absolute Gasteiger partial charge is 0.408 e. The molecule has 0 spiro atoms. The van der Waals surface area contributed by atoms with Gasteiger partial charge in [0, 0.05) is 26.0 Å². The summed E-state index contributed by atoms with van der Waals surface area (Å²) in [7, 11) is 4.50. The zero-order valence-corrected chi connectivity index (χ0v) is 16.2. The third-order valence-corrected chi connectivity index (χ3v) is 4.50. The number of benzene rings is 1. The fraction of sp³-hybridized carbons (Fsp3) is 0.579. The molecule has 0 heterocycles. The molecule has 0 aromatic heterocycles. The normalized spacial score (nSPS) is 24.7. The fourth-order valence-electron chi connectivity index (χ4n) is 3.35. The second-order valence-electron chi connectivity index (χ2n) is 7.43. The molecule has 1 saturated carbocycles. The first-order chi connectivity index (χ1) is 12.2. The summed E-state index contributed by atoms with van der Waals surface area (Å²) in [5.74, 6) is -0.810. The van der Waals surface area contributed by atoms with Crippen molar-refractivity contribution in [1.29, 1.82) is 0 Å². The molecule has 1 aromatic rings. The van der Waals surface area contributed by atoms with Crippen molar-refractivity contribution < 1.29 is 23.9 Å². The molecule has 3 atom stereocenters. The molecule has 0 unspecified atom stereocenters. The Balaban J connectivity index is 2.39. The SMILES string of the molecule is COC[C@@H]1[C@H](c2ccccc2)[C@]1(NC(=O)OC(C)(C)C)C(=O)N(C)OC. The van der Waals surface area contributed by atoms with Crippen molar-refractivity contribution in [2.24, 2.45) is 5.92 Å². The number of ether oxygens (including phenoxy) is 2. The van der Waals surface area contributed by atoms with Gasteiger partial charge in [0.15, 0.2) is 0 Å². The Labute approximate surface area is 154 Å². The molecule has 7 heteroatoms. The van der Waals surface area contributed by atoms with Crippen LogP contribution in [0.2, 0.25) is 0 Å². The average molecular weight is 364 g/mol. The summed E-state index contributed by atoms with van der Waals surface area (Å²) in [4.78, 5) is 30.7. The zero-order valence-electron chi connectivity index (χ0n) is 16.2. The molecule has 0 aliphatic heterocycles. The predicted molar refractivity (Wildman–Crippen MR) is 96.4 cm³/mol. The summed E-state index contributed by atoms with van der Waals surface area (Å²) in [6.45, 7) is 5.64. The summed E-state index contributed by atoms with van der Waals surface area (Å²) < 4.78 is 10.7. The number of hydrogen-bond acceptors (Lipinski definition) is 5. The summed E-state index contributed by atoms with van der Waals surface area (Å²) in [6, 6.07) is 9.58. The second kappa shape index (κ2) is 7.63. The summed E-state index contributed by atoms with van der Waals surface area (Å²) >= 11 is 0. The van der Waals surface area contributed by atoms with E-state index in [4.69, 9.17) is 14.3 Å². The van der Waals surface area contributed by atoms with Gasteiger partial charge >= 0.3 is 6.09 Å². The van der Waals surface area contributed by atoms with E-state index in [1.165, 1.54) is 14.2 Å². The number of carbonyl (C=O) groups excluding carboxylic acids is 2. The topological polar surface area (TPSA) is 77.1 Å². The van der Waals surface area contributed by atoms with Gasteiger partial charge in [0.25, 0.3) is 5.91 Å². The molecule has 1 fully saturated rings. The Morgan fingerprint density at radius 2 is 1.81 bits per heavy atom. The van der Waals surface area contributed by atoms with E-state index in [9.17, 15) is 9.59 Å². The first-order valence-corrected chi connectivity index (χ1v) is 8.54. The van der Waals surface area contributed by atoms with Crippen LogP contribution in [0.1, 0.15) is 32.3 Å². The second-order valence-corrected chi connectivity index (χ2v) is 7.43. The van der Waals surface area contributed by atoms with E-state index in [0.29, 0.717) is 6.61 Å². The van der Waals surface area contributed by atoms with Gasteiger partial charge in [-0.2, -0.15) is 0 Å². The minimum absolute atomic E-state index is 0.229. The van der Waals surface area contributed by atoms with Crippen LogP contribution in [0.5, 0.6) is 0 Å². The van der Waals surface area contributed by atoms with E-state index in [-0.39, 0.29) is 17.7 Å². The maximum atomic E-state index is 13.1. The van der Waals surface area contributed by atoms with Crippen LogP contribution in [0.3, 0.4) is 0 Å². The largest absolute Gasteiger partial charge is 0.444 e. The number of nitrogens with zero attached hydrogens (tertiary/aromatic N) is 1. The minimum Gasteiger partial charge on any atom is -0.444 e. The molecular formula is C19H28N2O5. The van der Waals surface area contributed by atoms with Crippen molar-refractivity contribution in [2.45, 2.75) is 37.8 Å². The average Bonchev–Trinajstić information content (AvgIpc) is 3.20. The van der Waals surface area contributed by atoms with Crippen LogP contribution in [-0.2, 0) is 19.1 Å². The van der Waals surface area contributed by atoms with Crippen molar-refractivity contribution in [2.75, 3.05) is 27.9 Å². The maximum Gasteiger partial charge on any atom is 0.408 e. The number of likely N-dealkylation sites (N-methyl/N-ethyl adjacent to an activating group) is 1. The molecule has 1 N–H and O–H groups in total. The van der Waals surface area contributed by atoms with Crippen molar-refractivity contribution in [3.8, 4) is 0 Å². The molecule has 2 amide bonds. The van der Waals surface area contributed by atoms with Crippen LogP contribution in [0.25, 0.3) is 0 Å². The van der Waals surface area contributed by atoms with E-state index in [1.807, 2.05) is 30.3 Å². The van der Waals surface area contributed by atoms with Gasteiger partial charge in [-0.3, -0.25) is 9.63 Å². The maximum absolute atomic E-state index is 13.1. The first kappa shape index (κ1) is 20.2. The number of nitrogens with one attached hydrogen (secondary N) is 1. The molecule has 1 aliphatic carbocycles. The Morgan fingerprint density at radius 3 is 2.31 bits per heavy atom. The van der Waals surface area contributed by atoms with E-state index in [1.54, 1.807) is 27.9 Å². The van der Waals surface area contributed by atoms with Gasteiger partial charge in [0.2, 0.25) is 0 Å². The molecule has 144 valence electrons. The van der Waals surface area contributed by atoms with E-state index < -0.39 is 17.2 Å². The number of methoxy groups -OCH3 is 1. The quantitative estimate of drug-likeness (QED) is 0.784. The summed E-state index contributed by atoms with van der Waals surface area (Å²) in [5.41, 5.74) is -0.900. The number of hydrogen-bond donors (Lipinski definition) is 1. The van der Waals surface area contributed by atoms with Crippen molar-refractivity contribution in [1.82, 2.24) is 10.4 Å². The van der Waals surface area contributed by atoms with Crippen LogP contribution < -0.4 is 5.32 Å².